The fraction of sp³-hybridized carbons (Fsp3) is 0.650. The molecule has 2 saturated carbocycles. The number of likely N-dealkylation sites (N-methyl/N-ethyl adjacent to an activating group) is 1. The summed E-state index contributed by atoms with van der Waals surface area (Å²) < 4.78 is 29.0. The van der Waals surface area contributed by atoms with E-state index in [0.29, 0.717) is 11.8 Å². The second-order valence-electron chi connectivity index (χ2n) is 8.49. The number of hydrogen-bond donors (Lipinski definition) is 0. The molecule has 1 amide bonds. The van der Waals surface area contributed by atoms with Crippen LogP contribution in [0.5, 0.6) is 5.75 Å². The Balaban J connectivity index is 1.61. The van der Waals surface area contributed by atoms with Gasteiger partial charge in [0.2, 0.25) is 5.91 Å². The van der Waals surface area contributed by atoms with Crippen LogP contribution in [0.25, 0.3) is 0 Å². The van der Waals surface area contributed by atoms with Crippen LogP contribution in [0.1, 0.15) is 44.1 Å². The van der Waals surface area contributed by atoms with Gasteiger partial charge in [-0.25, -0.2) is 8.42 Å². The predicted octanol–water partition coefficient (Wildman–Crippen LogP) is 2.54. The Labute approximate surface area is 155 Å². The van der Waals surface area contributed by atoms with Gasteiger partial charge >= 0.3 is 0 Å². The van der Waals surface area contributed by atoms with Crippen LogP contribution in [-0.4, -0.2) is 50.9 Å². The summed E-state index contributed by atoms with van der Waals surface area (Å²) in [6.45, 7) is 0. The molecule has 1 spiro atoms. The van der Waals surface area contributed by atoms with Crippen molar-refractivity contribution in [3.63, 3.8) is 0 Å². The molecular weight excluding hydrogens is 350 g/mol. The number of ether oxygens (including phenoxy) is 1. The van der Waals surface area contributed by atoms with E-state index in [1.165, 1.54) is 19.3 Å². The molecule has 142 valence electrons. The van der Waals surface area contributed by atoms with E-state index >= 15 is 0 Å². The zero-order valence-corrected chi connectivity index (χ0v) is 16.3. The second kappa shape index (κ2) is 5.98. The van der Waals surface area contributed by atoms with E-state index < -0.39 is 15.3 Å². The van der Waals surface area contributed by atoms with Gasteiger partial charge in [-0.2, -0.15) is 0 Å². The standard InChI is InChI=1S/C20H27NO4S/c1-21(16-8-11-26(23,24)12-16)18(22)20(13-19(14-20)9-3-10-19)15-4-6-17(25-2)7-5-15/h4-7,16H,3,8-14H2,1-2H3. The van der Waals surface area contributed by atoms with Gasteiger partial charge in [0.05, 0.1) is 24.0 Å². The summed E-state index contributed by atoms with van der Waals surface area (Å²) in [7, 11) is 0.410. The van der Waals surface area contributed by atoms with E-state index in [2.05, 4.69) is 0 Å². The summed E-state index contributed by atoms with van der Waals surface area (Å²) in [5, 5.41) is 0. The lowest BCUT2D eigenvalue weighted by Crippen LogP contribution is -2.61. The van der Waals surface area contributed by atoms with E-state index in [-0.39, 0.29) is 23.5 Å². The number of amides is 1. The lowest BCUT2D eigenvalue weighted by Gasteiger charge is -2.61. The number of hydrogen-bond acceptors (Lipinski definition) is 4. The first-order chi connectivity index (χ1) is 12.3. The number of sulfone groups is 1. The lowest BCUT2D eigenvalue weighted by atomic mass is 9.43. The molecule has 3 aliphatic rings. The molecule has 5 nitrogen and oxygen atoms in total. The molecule has 1 atom stereocenters. The van der Waals surface area contributed by atoms with Crippen molar-refractivity contribution in [1.82, 2.24) is 4.90 Å². The Bertz CT molecular complexity index is 803. The predicted molar refractivity (Wildman–Crippen MR) is 100 cm³/mol. The highest BCUT2D eigenvalue weighted by Gasteiger charge is 2.62. The van der Waals surface area contributed by atoms with Crippen molar-refractivity contribution >= 4 is 15.7 Å². The number of methoxy groups -OCH3 is 1. The minimum absolute atomic E-state index is 0.0855. The molecule has 1 unspecified atom stereocenters. The summed E-state index contributed by atoms with van der Waals surface area (Å²) in [5.41, 5.74) is 0.861. The van der Waals surface area contributed by atoms with Gasteiger partial charge in [0.25, 0.3) is 0 Å². The van der Waals surface area contributed by atoms with Crippen molar-refractivity contribution in [2.24, 2.45) is 5.41 Å². The smallest absolute Gasteiger partial charge is 0.233 e. The number of carbonyl (C=O) groups excluding carboxylic acids is 1. The van der Waals surface area contributed by atoms with Gasteiger partial charge in [0, 0.05) is 13.1 Å². The highest BCUT2D eigenvalue weighted by Crippen LogP contribution is 2.65. The highest BCUT2D eigenvalue weighted by molar-refractivity contribution is 7.91. The van der Waals surface area contributed by atoms with Crippen LogP contribution < -0.4 is 4.74 Å². The van der Waals surface area contributed by atoms with E-state index in [9.17, 15) is 13.2 Å². The van der Waals surface area contributed by atoms with Crippen molar-refractivity contribution in [2.45, 2.75) is 50.0 Å². The van der Waals surface area contributed by atoms with Crippen LogP contribution >= 0.6 is 0 Å². The molecule has 1 aromatic carbocycles. The van der Waals surface area contributed by atoms with Crippen molar-refractivity contribution in [1.29, 1.82) is 0 Å². The highest BCUT2D eigenvalue weighted by atomic mass is 32.2. The Kier molecular flexibility index (Phi) is 4.10. The maximum Gasteiger partial charge on any atom is 0.233 e. The average molecular weight is 378 g/mol. The molecule has 0 N–H and O–H groups in total. The fourth-order valence-electron chi connectivity index (χ4n) is 5.23. The van der Waals surface area contributed by atoms with Crippen molar-refractivity contribution < 1.29 is 17.9 Å². The summed E-state index contributed by atoms with van der Waals surface area (Å²) in [6, 6.07) is 7.63. The first kappa shape index (κ1) is 17.8. The van der Waals surface area contributed by atoms with Gasteiger partial charge in [0.1, 0.15) is 5.75 Å². The molecule has 6 heteroatoms. The Hall–Kier alpha value is -1.56. The zero-order chi connectivity index (χ0) is 18.6. The first-order valence-electron chi connectivity index (χ1n) is 9.42. The molecule has 1 aliphatic heterocycles. The van der Waals surface area contributed by atoms with Gasteiger partial charge in [0.15, 0.2) is 9.84 Å². The SMILES string of the molecule is COc1ccc(C2(C(=O)N(C)C3CCS(=O)(=O)C3)CC3(CCC3)C2)cc1. The molecule has 0 aromatic heterocycles. The minimum atomic E-state index is -3.01. The monoisotopic (exact) mass is 377 g/mol. The Morgan fingerprint density at radius 2 is 1.85 bits per heavy atom. The lowest BCUT2D eigenvalue weighted by molar-refractivity contribution is -0.153. The number of nitrogens with zero attached hydrogens (tertiary/aromatic N) is 1. The van der Waals surface area contributed by atoms with E-state index in [4.69, 9.17) is 4.74 Å². The van der Waals surface area contributed by atoms with Gasteiger partial charge < -0.3 is 9.64 Å². The summed E-state index contributed by atoms with van der Waals surface area (Å²) >= 11 is 0. The maximum atomic E-state index is 13.5. The van der Waals surface area contributed by atoms with Gasteiger partial charge in [-0.1, -0.05) is 18.6 Å². The molecule has 3 fully saturated rings. The van der Waals surface area contributed by atoms with Crippen molar-refractivity contribution in [3.8, 4) is 5.75 Å². The van der Waals surface area contributed by atoms with Crippen LogP contribution in [0.4, 0.5) is 0 Å². The second-order valence-corrected chi connectivity index (χ2v) is 10.7. The third kappa shape index (κ3) is 2.73. The molecule has 1 aromatic rings. The molecule has 4 rings (SSSR count). The number of benzene rings is 1. The largest absolute Gasteiger partial charge is 0.497 e. The normalized spacial score (nSPS) is 27.4. The van der Waals surface area contributed by atoms with Crippen LogP contribution in [-0.2, 0) is 20.0 Å². The molecule has 1 heterocycles. The number of carbonyl (C=O) groups is 1. The van der Waals surface area contributed by atoms with Gasteiger partial charge in [-0.15, -0.1) is 0 Å². The van der Waals surface area contributed by atoms with Crippen LogP contribution in [0.15, 0.2) is 24.3 Å². The molecule has 2 aliphatic carbocycles. The quantitative estimate of drug-likeness (QED) is 0.809. The molecule has 0 bridgehead atoms. The molecule has 0 radical (unpaired) electrons. The first-order valence-corrected chi connectivity index (χ1v) is 11.2. The van der Waals surface area contributed by atoms with E-state index in [0.717, 1.165) is 24.2 Å². The summed E-state index contributed by atoms with van der Waals surface area (Å²) in [6.07, 6.45) is 5.99. The summed E-state index contributed by atoms with van der Waals surface area (Å²) in [5.74, 6) is 1.15. The zero-order valence-electron chi connectivity index (χ0n) is 15.5. The van der Waals surface area contributed by atoms with Crippen LogP contribution in [0.3, 0.4) is 0 Å². The topological polar surface area (TPSA) is 63.7 Å². The average Bonchev–Trinajstić information content (AvgIpc) is 2.92. The van der Waals surface area contributed by atoms with Gasteiger partial charge in [-0.3, -0.25) is 4.79 Å². The van der Waals surface area contributed by atoms with Crippen molar-refractivity contribution in [2.75, 3.05) is 25.7 Å². The maximum absolute atomic E-state index is 13.5. The number of rotatable bonds is 4. The molecule has 26 heavy (non-hydrogen) atoms. The summed E-state index contributed by atoms with van der Waals surface area (Å²) in [4.78, 5) is 15.3. The van der Waals surface area contributed by atoms with Crippen molar-refractivity contribution in [3.05, 3.63) is 29.8 Å². The fourth-order valence-corrected chi connectivity index (χ4v) is 7.01. The van der Waals surface area contributed by atoms with E-state index in [1.54, 1.807) is 19.1 Å². The minimum Gasteiger partial charge on any atom is -0.497 e. The third-order valence-electron chi connectivity index (χ3n) is 6.90. The van der Waals surface area contributed by atoms with E-state index in [1.807, 2.05) is 24.3 Å². The molecular formula is C20H27NO4S. The Morgan fingerprint density at radius 3 is 2.31 bits per heavy atom. The van der Waals surface area contributed by atoms with Crippen LogP contribution in [0.2, 0.25) is 0 Å². The molecule has 1 saturated heterocycles. The Morgan fingerprint density at radius 1 is 1.19 bits per heavy atom. The third-order valence-corrected chi connectivity index (χ3v) is 8.65. The van der Waals surface area contributed by atoms with Gasteiger partial charge in [-0.05, 0) is 55.2 Å². The van der Waals surface area contributed by atoms with Crippen LogP contribution in [0, 0.1) is 5.41 Å².